The van der Waals surface area contributed by atoms with Crippen LogP contribution in [-0.2, 0) is 4.79 Å². The first-order valence-electron chi connectivity index (χ1n) is 8.20. The molecule has 0 aliphatic heterocycles. The van der Waals surface area contributed by atoms with Gasteiger partial charge in [-0.05, 0) is 37.3 Å². The Labute approximate surface area is 170 Å². The lowest BCUT2D eigenvalue weighted by molar-refractivity contribution is -0.117. The van der Waals surface area contributed by atoms with Gasteiger partial charge in [0.05, 0.1) is 27.6 Å². The molecule has 28 heavy (non-hydrogen) atoms. The largest absolute Gasteiger partial charge is 0.340 e. The minimum absolute atomic E-state index is 0.103. The van der Waals surface area contributed by atoms with Gasteiger partial charge in [0.2, 0.25) is 5.91 Å². The van der Waals surface area contributed by atoms with E-state index in [4.69, 9.17) is 23.2 Å². The summed E-state index contributed by atoms with van der Waals surface area (Å²) in [4.78, 5) is 28.5. The number of imidazole rings is 1. The van der Waals surface area contributed by atoms with Crippen LogP contribution in [0.15, 0.2) is 55.1 Å². The summed E-state index contributed by atoms with van der Waals surface area (Å²) in [5.41, 5.74) is 0.713. The molecule has 0 aliphatic rings. The normalized spacial score (nSPS) is 11.7. The van der Waals surface area contributed by atoms with E-state index in [2.05, 4.69) is 15.6 Å². The molecule has 0 fully saturated rings. The highest BCUT2D eigenvalue weighted by Crippen LogP contribution is 2.25. The molecule has 144 valence electrons. The van der Waals surface area contributed by atoms with Crippen molar-refractivity contribution in [1.82, 2.24) is 14.9 Å². The Morgan fingerprint density at radius 2 is 2.00 bits per heavy atom. The van der Waals surface area contributed by atoms with Gasteiger partial charge >= 0.3 is 0 Å². The monoisotopic (exact) mass is 420 g/mol. The molecular formula is C19H15Cl2FN4O2. The molecule has 0 saturated carbocycles. The fourth-order valence-electron chi connectivity index (χ4n) is 2.47. The van der Waals surface area contributed by atoms with Gasteiger partial charge < -0.3 is 15.2 Å². The van der Waals surface area contributed by atoms with Crippen molar-refractivity contribution >= 4 is 40.7 Å². The first-order valence-corrected chi connectivity index (χ1v) is 8.96. The molecule has 3 aromatic rings. The quantitative estimate of drug-likeness (QED) is 0.652. The van der Waals surface area contributed by atoms with Crippen LogP contribution in [0.5, 0.6) is 0 Å². The number of nitrogens with one attached hydrogen (secondary N) is 2. The molecule has 0 bridgehead atoms. The predicted molar refractivity (Wildman–Crippen MR) is 106 cm³/mol. The summed E-state index contributed by atoms with van der Waals surface area (Å²) >= 11 is 11.9. The molecule has 1 aromatic heterocycles. The Hall–Kier alpha value is -2.90. The predicted octanol–water partition coefficient (Wildman–Crippen LogP) is 4.08. The lowest BCUT2D eigenvalue weighted by Crippen LogP contribution is -2.41. The third-order valence-electron chi connectivity index (χ3n) is 3.93. The third-order valence-corrected chi connectivity index (χ3v) is 4.75. The fraction of sp³-hybridized carbons (Fsp3) is 0.105. The molecule has 2 amide bonds. The van der Waals surface area contributed by atoms with Crippen LogP contribution in [0.3, 0.4) is 0 Å². The lowest BCUT2D eigenvalue weighted by Gasteiger charge is -2.15. The van der Waals surface area contributed by atoms with Crippen LogP contribution < -0.4 is 10.6 Å². The minimum Gasteiger partial charge on any atom is -0.340 e. The van der Waals surface area contributed by atoms with E-state index in [1.165, 1.54) is 42.2 Å². The third kappa shape index (κ3) is 4.32. The molecule has 0 radical (unpaired) electrons. The van der Waals surface area contributed by atoms with Gasteiger partial charge in [-0.2, -0.15) is 0 Å². The standard InChI is InChI=1S/C19H15Cl2FN4O2/c1-11(24-19(28)13-3-2-4-14(20)17(13)21)18(27)25-12-5-6-16(15(22)9-12)26-8-7-23-10-26/h2-11H,1H3,(H,24,28)(H,25,27). The van der Waals surface area contributed by atoms with Crippen molar-refractivity contribution in [2.75, 3.05) is 5.32 Å². The number of carbonyl (C=O) groups is 2. The van der Waals surface area contributed by atoms with E-state index in [1.807, 2.05) is 0 Å². The molecule has 1 heterocycles. The van der Waals surface area contributed by atoms with Gasteiger partial charge in [0, 0.05) is 18.1 Å². The van der Waals surface area contributed by atoms with Gasteiger partial charge in [-0.1, -0.05) is 29.3 Å². The van der Waals surface area contributed by atoms with E-state index in [-0.39, 0.29) is 21.3 Å². The zero-order chi connectivity index (χ0) is 20.3. The highest BCUT2D eigenvalue weighted by atomic mass is 35.5. The second-order valence-corrected chi connectivity index (χ2v) is 6.71. The summed E-state index contributed by atoms with van der Waals surface area (Å²) in [6.45, 7) is 1.50. The Morgan fingerprint density at radius 1 is 1.21 bits per heavy atom. The number of nitrogens with zero attached hydrogens (tertiary/aromatic N) is 2. The first kappa shape index (κ1) is 19.9. The van der Waals surface area contributed by atoms with Crippen LogP contribution in [0.1, 0.15) is 17.3 Å². The van der Waals surface area contributed by atoms with Gasteiger partial charge in [0.1, 0.15) is 11.9 Å². The van der Waals surface area contributed by atoms with Gasteiger partial charge in [0.15, 0.2) is 0 Å². The van der Waals surface area contributed by atoms with Crippen molar-refractivity contribution in [3.8, 4) is 5.69 Å². The number of halogens is 3. The van der Waals surface area contributed by atoms with Crippen molar-refractivity contribution < 1.29 is 14.0 Å². The Balaban J connectivity index is 1.66. The van der Waals surface area contributed by atoms with Crippen LogP contribution in [0, 0.1) is 5.82 Å². The summed E-state index contributed by atoms with van der Waals surface area (Å²) < 4.78 is 15.8. The lowest BCUT2D eigenvalue weighted by atomic mass is 10.2. The zero-order valence-electron chi connectivity index (χ0n) is 14.6. The van der Waals surface area contributed by atoms with Crippen LogP contribution >= 0.6 is 23.2 Å². The highest BCUT2D eigenvalue weighted by Gasteiger charge is 2.19. The van der Waals surface area contributed by atoms with Crippen LogP contribution in [0.25, 0.3) is 5.69 Å². The van der Waals surface area contributed by atoms with Crippen LogP contribution in [0.2, 0.25) is 10.0 Å². The number of aromatic nitrogens is 2. The summed E-state index contributed by atoms with van der Waals surface area (Å²) in [6.07, 6.45) is 4.61. The topological polar surface area (TPSA) is 76.0 Å². The summed E-state index contributed by atoms with van der Waals surface area (Å²) in [7, 11) is 0. The molecule has 2 aromatic carbocycles. The zero-order valence-corrected chi connectivity index (χ0v) is 16.1. The number of anilines is 1. The van der Waals surface area contributed by atoms with Gasteiger partial charge in [0.25, 0.3) is 5.91 Å². The molecule has 1 unspecified atom stereocenters. The van der Waals surface area contributed by atoms with Crippen LogP contribution in [0.4, 0.5) is 10.1 Å². The van der Waals surface area contributed by atoms with Crippen molar-refractivity contribution in [2.24, 2.45) is 0 Å². The van der Waals surface area contributed by atoms with E-state index < -0.39 is 23.7 Å². The number of amides is 2. The SMILES string of the molecule is CC(NC(=O)c1cccc(Cl)c1Cl)C(=O)Nc1ccc(-n2ccnc2)c(F)c1. The number of hydrogen-bond acceptors (Lipinski definition) is 3. The first-order chi connectivity index (χ1) is 13.4. The molecular weight excluding hydrogens is 406 g/mol. The molecule has 6 nitrogen and oxygen atoms in total. The van der Waals surface area contributed by atoms with Gasteiger partial charge in [-0.15, -0.1) is 0 Å². The smallest absolute Gasteiger partial charge is 0.253 e. The minimum atomic E-state index is -0.890. The number of rotatable bonds is 5. The van der Waals surface area contributed by atoms with E-state index in [1.54, 1.807) is 24.4 Å². The molecule has 2 N–H and O–H groups in total. The number of carbonyl (C=O) groups excluding carboxylic acids is 2. The summed E-state index contributed by atoms with van der Waals surface area (Å²) in [5, 5.41) is 5.43. The average molecular weight is 421 g/mol. The maximum atomic E-state index is 14.3. The van der Waals surface area contributed by atoms with E-state index in [9.17, 15) is 14.0 Å². The van der Waals surface area contributed by atoms with Crippen molar-refractivity contribution in [1.29, 1.82) is 0 Å². The van der Waals surface area contributed by atoms with Crippen molar-refractivity contribution in [3.05, 3.63) is 76.5 Å². The van der Waals surface area contributed by atoms with Gasteiger partial charge in [-0.3, -0.25) is 9.59 Å². The van der Waals surface area contributed by atoms with Crippen LogP contribution in [-0.4, -0.2) is 27.4 Å². The second-order valence-electron chi connectivity index (χ2n) is 5.92. The maximum absolute atomic E-state index is 14.3. The van der Waals surface area contributed by atoms with E-state index in [0.717, 1.165) is 0 Å². The fourth-order valence-corrected chi connectivity index (χ4v) is 2.85. The van der Waals surface area contributed by atoms with E-state index >= 15 is 0 Å². The molecule has 0 spiro atoms. The Morgan fingerprint density at radius 3 is 2.68 bits per heavy atom. The van der Waals surface area contributed by atoms with E-state index in [0.29, 0.717) is 5.69 Å². The second kappa shape index (κ2) is 8.41. The Bertz CT molecular complexity index is 1020. The van der Waals surface area contributed by atoms with Crippen molar-refractivity contribution in [2.45, 2.75) is 13.0 Å². The molecule has 1 atom stereocenters. The van der Waals surface area contributed by atoms with Gasteiger partial charge in [-0.25, -0.2) is 9.37 Å². The molecule has 3 rings (SSSR count). The maximum Gasteiger partial charge on any atom is 0.253 e. The molecule has 0 aliphatic carbocycles. The number of benzene rings is 2. The molecule has 9 heteroatoms. The number of hydrogen-bond donors (Lipinski definition) is 2. The van der Waals surface area contributed by atoms with Crippen molar-refractivity contribution in [3.63, 3.8) is 0 Å². The molecule has 0 saturated heterocycles. The highest BCUT2D eigenvalue weighted by molar-refractivity contribution is 6.43. The summed E-state index contributed by atoms with van der Waals surface area (Å²) in [6, 6.07) is 8.00. The summed E-state index contributed by atoms with van der Waals surface area (Å²) in [5.74, 6) is -1.59. The average Bonchev–Trinajstić information content (AvgIpc) is 3.18. The Kier molecular flexibility index (Phi) is 5.96.